The van der Waals surface area contributed by atoms with Crippen LogP contribution in [0.25, 0.3) is 11.5 Å². The maximum atomic E-state index is 13.0. The first-order valence-corrected chi connectivity index (χ1v) is 10.6. The summed E-state index contributed by atoms with van der Waals surface area (Å²) in [6.07, 6.45) is -1.93. The van der Waals surface area contributed by atoms with E-state index in [1.807, 2.05) is 43.0 Å². The first-order valence-electron chi connectivity index (χ1n) is 10.6. The fourth-order valence-electron chi connectivity index (χ4n) is 3.48. The van der Waals surface area contributed by atoms with E-state index in [1.165, 1.54) is 17.4 Å². The van der Waals surface area contributed by atoms with E-state index in [4.69, 9.17) is 4.42 Å². The predicted molar refractivity (Wildman–Crippen MR) is 115 cm³/mol. The number of nitrogens with one attached hydrogen (secondary N) is 1. The van der Waals surface area contributed by atoms with Crippen LogP contribution in [0.4, 0.5) is 13.2 Å². The first kappa shape index (κ1) is 23.1. The Bertz CT molecular complexity index is 855. The van der Waals surface area contributed by atoms with Gasteiger partial charge in [-0.1, -0.05) is 17.7 Å². The lowest BCUT2D eigenvalue weighted by molar-refractivity contribution is -0.181. The molecule has 0 amide bonds. The van der Waals surface area contributed by atoms with Crippen LogP contribution in [0, 0.1) is 6.92 Å². The van der Waals surface area contributed by atoms with Gasteiger partial charge in [-0.25, -0.2) is 4.98 Å². The summed E-state index contributed by atoms with van der Waals surface area (Å²) in [6, 6.07) is 6.56. The Morgan fingerprint density at radius 3 is 2.48 bits per heavy atom. The monoisotopic (exact) mass is 437 g/mol. The minimum absolute atomic E-state index is 0.355. The fourth-order valence-corrected chi connectivity index (χ4v) is 3.48. The fraction of sp³-hybridized carbons (Fsp3) is 0.545. The quantitative estimate of drug-likeness (QED) is 0.551. The lowest BCUT2D eigenvalue weighted by Gasteiger charge is -2.39. The zero-order valence-corrected chi connectivity index (χ0v) is 18.2. The summed E-state index contributed by atoms with van der Waals surface area (Å²) in [5, 5.41) is 3.24. The molecule has 6 nitrogen and oxygen atoms in total. The molecule has 0 aliphatic carbocycles. The number of aromatic nitrogens is 1. The first-order chi connectivity index (χ1) is 14.8. The van der Waals surface area contributed by atoms with Crippen molar-refractivity contribution in [3.05, 3.63) is 41.8 Å². The third-order valence-electron chi connectivity index (χ3n) is 5.45. The number of oxazole rings is 1. The van der Waals surface area contributed by atoms with Crippen molar-refractivity contribution in [2.45, 2.75) is 39.4 Å². The molecular weight excluding hydrogens is 407 g/mol. The molecule has 2 heterocycles. The standard InChI is InChI=1S/C22H30F3N5O/c1-4-26-21(30-13-11-29(12-14-30)17(3)22(23,24)25)27-10-9-19-15-31-20(28-19)18-7-5-16(2)6-8-18/h5-8,15,17H,4,9-14H2,1-3H3,(H,26,27). The minimum atomic E-state index is -4.20. The van der Waals surface area contributed by atoms with E-state index in [1.54, 1.807) is 6.26 Å². The number of rotatable bonds is 6. The van der Waals surface area contributed by atoms with E-state index in [2.05, 4.69) is 15.3 Å². The third-order valence-corrected chi connectivity index (χ3v) is 5.45. The van der Waals surface area contributed by atoms with Gasteiger partial charge in [0.15, 0.2) is 5.96 Å². The Morgan fingerprint density at radius 2 is 1.87 bits per heavy atom. The topological polar surface area (TPSA) is 56.9 Å². The van der Waals surface area contributed by atoms with Crippen LogP contribution in [0.1, 0.15) is 25.1 Å². The number of aryl methyl sites for hydroxylation is 1. The van der Waals surface area contributed by atoms with Crippen molar-refractivity contribution in [3.8, 4) is 11.5 Å². The van der Waals surface area contributed by atoms with Crippen LogP contribution in [0.3, 0.4) is 0 Å². The van der Waals surface area contributed by atoms with E-state index in [-0.39, 0.29) is 0 Å². The Hall–Kier alpha value is -2.55. The van der Waals surface area contributed by atoms with Gasteiger partial charge in [0.1, 0.15) is 12.3 Å². The number of hydrogen-bond acceptors (Lipinski definition) is 4. The lowest BCUT2D eigenvalue weighted by atomic mass is 10.1. The summed E-state index contributed by atoms with van der Waals surface area (Å²) in [5.41, 5.74) is 2.92. The van der Waals surface area contributed by atoms with Gasteiger partial charge in [-0.3, -0.25) is 9.89 Å². The highest BCUT2D eigenvalue weighted by molar-refractivity contribution is 5.80. The van der Waals surface area contributed by atoms with E-state index >= 15 is 0 Å². The Morgan fingerprint density at radius 1 is 1.19 bits per heavy atom. The molecule has 1 aromatic carbocycles. The molecular formula is C22H30F3N5O. The van der Waals surface area contributed by atoms with Gasteiger partial charge in [-0.05, 0) is 32.9 Å². The van der Waals surface area contributed by atoms with E-state index in [9.17, 15) is 13.2 Å². The molecule has 170 valence electrons. The molecule has 0 saturated carbocycles. The number of guanidine groups is 1. The lowest BCUT2D eigenvalue weighted by Crippen LogP contribution is -2.56. The molecule has 1 aromatic heterocycles. The molecule has 9 heteroatoms. The molecule has 1 fully saturated rings. The number of halogens is 3. The normalized spacial score (nSPS) is 17.1. The summed E-state index contributed by atoms with van der Waals surface area (Å²) in [5.74, 6) is 1.31. The van der Waals surface area contributed by atoms with E-state index in [0.29, 0.717) is 51.6 Å². The third kappa shape index (κ3) is 6.22. The van der Waals surface area contributed by atoms with Crippen LogP contribution in [-0.4, -0.2) is 72.2 Å². The van der Waals surface area contributed by atoms with Gasteiger partial charge in [-0.15, -0.1) is 0 Å². The second kappa shape index (κ2) is 10.2. The highest BCUT2D eigenvalue weighted by atomic mass is 19.4. The molecule has 1 unspecified atom stereocenters. The van der Waals surface area contributed by atoms with E-state index in [0.717, 1.165) is 17.2 Å². The van der Waals surface area contributed by atoms with Crippen molar-refractivity contribution < 1.29 is 17.6 Å². The van der Waals surface area contributed by atoms with Crippen LogP contribution in [0.5, 0.6) is 0 Å². The smallest absolute Gasteiger partial charge is 0.403 e. The van der Waals surface area contributed by atoms with Gasteiger partial charge < -0.3 is 14.6 Å². The molecule has 0 spiro atoms. The van der Waals surface area contributed by atoms with Gasteiger partial charge in [-0.2, -0.15) is 13.2 Å². The summed E-state index contributed by atoms with van der Waals surface area (Å²) in [4.78, 5) is 12.7. The molecule has 31 heavy (non-hydrogen) atoms. The van der Waals surface area contributed by atoms with Crippen molar-refractivity contribution >= 4 is 5.96 Å². The molecule has 1 atom stereocenters. The van der Waals surface area contributed by atoms with Gasteiger partial charge in [0, 0.05) is 51.3 Å². The van der Waals surface area contributed by atoms with Gasteiger partial charge in [0.05, 0.1) is 5.69 Å². The maximum absolute atomic E-state index is 13.0. The number of piperazine rings is 1. The minimum Gasteiger partial charge on any atom is -0.444 e. The molecule has 1 aliphatic rings. The van der Waals surface area contributed by atoms with Crippen LogP contribution < -0.4 is 5.32 Å². The second-order valence-electron chi connectivity index (χ2n) is 7.74. The predicted octanol–water partition coefficient (Wildman–Crippen LogP) is 3.73. The zero-order chi connectivity index (χ0) is 22.4. The summed E-state index contributed by atoms with van der Waals surface area (Å²) < 4.78 is 44.5. The highest BCUT2D eigenvalue weighted by Crippen LogP contribution is 2.25. The number of alkyl halides is 3. The molecule has 0 bridgehead atoms. The Balaban J connectivity index is 1.55. The average Bonchev–Trinajstić information content (AvgIpc) is 3.21. The Kier molecular flexibility index (Phi) is 7.59. The zero-order valence-electron chi connectivity index (χ0n) is 18.2. The molecule has 1 N–H and O–H groups in total. The largest absolute Gasteiger partial charge is 0.444 e. The maximum Gasteiger partial charge on any atom is 0.403 e. The van der Waals surface area contributed by atoms with Crippen LogP contribution in [0.2, 0.25) is 0 Å². The van der Waals surface area contributed by atoms with Crippen LogP contribution in [-0.2, 0) is 6.42 Å². The molecule has 2 aromatic rings. The average molecular weight is 438 g/mol. The molecule has 1 aliphatic heterocycles. The van der Waals surface area contributed by atoms with Gasteiger partial charge in [0.25, 0.3) is 0 Å². The number of benzene rings is 1. The number of aliphatic imine (C=N–C) groups is 1. The van der Waals surface area contributed by atoms with Crippen molar-refractivity contribution in [2.24, 2.45) is 4.99 Å². The number of hydrogen-bond donors (Lipinski definition) is 1. The summed E-state index contributed by atoms with van der Waals surface area (Å²) in [7, 11) is 0. The highest BCUT2D eigenvalue weighted by Gasteiger charge is 2.41. The van der Waals surface area contributed by atoms with Crippen LogP contribution in [0.15, 0.2) is 39.9 Å². The van der Waals surface area contributed by atoms with Crippen molar-refractivity contribution in [1.82, 2.24) is 20.1 Å². The molecule has 0 radical (unpaired) electrons. The molecule has 3 rings (SSSR count). The van der Waals surface area contributed by atoms with Gasteiger partial charge >= 0.3 is 6.18 Å². The van der Waals surface area contributed by atoms with E-state index < -0.39 is 12.2 Å². The van der Waals surface area contributed by atoms with Crippen LogP contribution >= 0.6 is 0 Å². The van der Waals surface area contributed by atoms with Gasteiger partial charge in [0.2, 0.25) is 5.89 Å². The second-order valence-corrected chi connectivity index (χ2v) is 7.74. The van der Waals surface area contributed by atoms with Crippen molar-refractivity contribution in [3.63, 3.8) is 0 Å². The molecule has 1 saturated heterocycles. The Labute approximate surface area is 181 Å². The van der Waals surface area contributed by atoms with Crippen molar-refractivity contribution in [1.29, 1.82) is 0 Å². The number of nitrogens with zero attached hydrogens (tertiary/aromatic N) is 4. The SMILES string of the molecule is CCNC(=NCCc1coc(-c2ccc(C)cc2)n1)N1CCN(C(C)C(F)(F)F)CC1. The summed E-state index contributed by atoms with van der Waals surface area (Å²) >= 11 is 0. The van der Waals surface area contributed by atoms with Crippen molar-refractivity contribution in [2.75, 3.05) is 39.3 Å². The summed E-state index contributed by atoms with van der Waals surface area (Å²) in [6.45, 7) is 8.16.